The number of nitrogens with one attached hydrogen (secondary N) is 1. The number of aryl methyl sites for hydroxylation is 2. The molecule has 0 aliphatic heterocycles. The number of aromatic nitrogens is 4. The van der Waals surface area contributed by atoms with Crippen LogP contribution in [-0.2, 0) is 11.3 Å². The Balaban J connectivity index is 1.55. The SMILES string of the molecule is Cc1cc(C)n(CC(=O)N/N=C/c2cn(-c3ccccc3)nc2-c2ccccc2)n1. The third kappa shape index (κ3) is 4.35. The maximum Gasteiger partial charge on any atom is 0.261 e. The van der Waals surface area contributed by atoms with Crippen molar-refractivity contribution in [1.82, 2.24) is 25.0 Å². The summed E-state index contributed by atoms with van der Waals surface area (Å²) in [4.78, 5) is 12.2. The van der Waals surface area contributed by atoms with E-state index in [1.54, 1.807) is 15.6 Å². The Morgan fingerprint density at radius 2 is 1.73 bits per heavy atom. The summed E-state index contributed by atoms with van der Waals surface area (Å²) in [6.45, 7) is 3.93. The van der Waals surface area contributed by atoms with Crippen LogP contribution >= 0.6 is 0 Å². The van der Waals surface area contributed by atoms with Crippen molar-refractivity contribution in [2.24, 2.45) is 5.10 Å². The molecule has 7 heteroatoms. The van der Waals surface area contributed by atoms with E-state index in [1.807, 2.05) is 86.8 Å². The van der Waals surface area contributed by atoms with Gasteiger partial charge in [0.05, 0.1) is 17.6 Å². The molecule has 0 bridgehead atoms. The van der Waals surface area contributed by atoms with E-state index in [2.05, 4.69) is 15.6 Å². The number of hydrogen-bond acceptors (Lipinski definition) is 4. The summed E-state index contributed by atoms with van der Waals surface area (Å²) >= 11 is 0. The summed E-state index contributed by atoms with van der Waals surface area (Å²) < 4.78 is 3.46. The van der Waals surface area contributed by atoms with E-state index in [0.717, 1.165) is 33.9 Å². The van der Waals surface area contributed by atoms with Gasteiger partial charge in [0.15, 0.2) is 0 Å². The maximum absolute atomic E-state index is 12.2. The topological polar surface area (TPSA) is 77.1 Å². The van der Waals surface area contributed by atoms with Gasteiger partial charge in [-0.2, -0.15) is 15.3 Å². The highest BCUT2D eigenvalue weighted by molar-refractivity contribution is 5.89. The molecule has 0 aliphatic rings. The van der Waals surface area contributed by atoms with Crippen LogP contribution in [0.2, 0.25) is 0 Å². The van der Waals surface area contributed by atoms with Gasteiger partial charge in [0, 0.05) is 23.0 Å². The number of hydrazone groups is 1. The van der Waals surface area contributed by atoms with Crippen molar-refractivity contribution in [3.63, 3.8) is 0 Å². The zero-order valence-electron chi connectivity index (χ0n) is 16.9. The summed E-state index contributed by atoms with van der Waals surface area (Å²) in [5.41, 5.74) is 7.90. The zero-order valence-corrected chi connectivity index (χ0v) is 16.9. The fraction of sp³-hybridized carbons (Fsp3) is 0.130. The van der Waals surface area contributed by atoms with Crippen LogP contribution in [0.25, 0.3) is 16.9 Å². The first kappa shape index (κ1) is 19.3. The number of carbonyl (C=O) groups is 1. The van der Waals surface area contributed by atoms with Gasteiger partial charge in [-0.1, -0.05) is 48.5 Å². The van der Waals surface area contributed by atoms with Crippen molar-refractivity contribution in [2.75, 3.05) is 0 Å². The molecule has 150 valence electrons. The lowest BCUT2D eigenvalue weighted by molar-refractivity contribution is -0.121. The van der Waals surface area contributed by atoms with Crippen LogP contribution in [0, 0.1) is 13.8 Å². The molecule has 0 saturated carbocycles. The van der Waals surface area contributed by atoms with Gasteiger partial charge in [-0.3, -0.25) is 9.48 Å². The molecule has 30 heavy (non-hydrogen) atoms. The Morgan fingerprint density at radius 3 is 2.40 bits per heavy atom. The van der Waals surface area contributed by atoms with Gasteiger partial charge in [0.1, 0.15) is 12.2 Å². The quantitative estimate of drug-likeness (QED) is 0.399. The Morgan fingerprint density at radius 1 is 1.03 bits per heavy atom. The highest BCUT2D eigenvalue weighted by Crippen LogP contribution is 2.22. The zero-order chi connectivity index (χ0) is 20.9. The third-order valence-corrected chi connectivity index (χ3v) is 4.60. The number of para-hydroxylation sites is 1. The van der Waals surface area contributed by atoms with Crippen molar-refractivity contribution < 1.29 is 4.79 Å². The minimum atomic E-state index is -0.242. The van der Waals surface area contributed by atoms with Gasteiger partial charge >= 0.3 is 0 Å². The van der Waals surface area contributed by atoms with Crippen molar-refractivity contribution in [1.29, 1.82) is 0 Å². The molecule has 0 atom stereocenters. The van der Waals surface area contributed by atoms with Crippen molar-refractivity contribution in [2.45, 2.75) is 20.4 Å². The Kier molecular flexibility index (Phi) is 5.52. The highest BCUT2D eigenvalue weighted by Gasteiger charge is 2.11. The first-order valence-electron chi connectivity index (χ1n) is 9.63. The lowest BCUT2D eigenvalue weighted by Gasteiger charge is -2.02. The number of carbonyl (C=O) groups excluding carboxylic acids is 1. The molecular formula is C23H22N6O. The molecule has 2 aromatic carbocycles. The maximum atomic E-state index is 12.2. The van der Waals surface area contributed by atoms with Gasteiger partial charge < -0.3 is 0 Å². The van der Waals surface area contributed by atoms with Crippen LogP contribution in [0.1, 0.15) is 17.0 Å². The Labute approximate surface area is 174 Å². The van der Waals surface area contributed by atoms with Crippen LogP contribution in [-0.4, -0.2) is 31.7 Å². The normalized spacial score (nSPS) is 11.1. The monoisotopic (exact) mass is 398 g/mol. The summed E-state index contributed by atoms with van der Waals surface area (Å²) in [5, 5.41) is 13.2. The lowest BCUT2D eigenvalue weighted by Crippen LogP contribution is -2.24. The predicted octanol–water partition coefficient (Wildman–Crippen LogP) is 3.50. The molecule has 0 fully saturated rings. The summed E-state index contributed by atoms with van der Waals surface area (Å²) in [7, 11) is 0. The number of rotatable bonds is 6. The van der Waals surface area contributed by atoms with E-state index in [-0.39, 0.29) is 12.5 Å². The van der Waals surface area contributed by atoms with Crippen LogP contribution in [0.4, 0.5) is 0 Å². The van der Waals surface area contributed by atoms with Crippen molar-refractivity contribution >= 4 is 12.1 Å². The van der Waals surface area contributed by atoms with E-state index in [9.17, 15) is 4.79 Å². The fourth-order valence-corrected chi connectivity index (χ4v) is 3.20. The van der Waals surface area contributed by atoms with Crippen molar-refractivity contribution in [3.05, 3.63) is 89.9 Å². The van der Waals surface area contributed by atoms with Gasteiger partial charge in [-0.05, 0) is 32.0 Å². The molecule has 2 heterocycles. The number of hydrogen-bond donors (Lipinski definition) is 1. The van der Waals surface area contributed by atoms with Gasteiger partial charge in [0.2, 0.25) is 0 Å². The Bertz CT molecular complexity index is 1180. The van der Waals surface area contributed by atoms with Gasteiger partial charge in [-0.25, -0.2) is 10.1 Å². The molecule has 0 aliphatic carbocycles. The number of nitrogens with zero attached hydrogens (tertiary/aromatic N) is 5. The van der Waals surface area contributed by atoms with Crippen molar-refractivity contribution in [3.8, 4) is 16.9 Å². The minimum absolute atomic E-state index is 0.117. The second-order valence-corrected chi connectivity index (χ2v) is 6.96. The molecule has 0 spiro atoms. The average Bonchev–Trinajstić information content (AvgIpc) is 3.32. The van der Waals surface area contributed by atoms with E-state index < -0.39 is 0 Å². The highest BCUT2D eigenvalue weighted by atomic mass is 16.2. The fourth-order valence-electron chi connectivity index (χ4n) is 3.20. The van der Waals surface area contributed by atoms with E-state index >= 15 is 0 Å². The van der Waals surface area contributed by atoms with E-state index in [1.165, 1.54) is 0 Å². The largest absolute Gasteiger partial charge is 0.271 e. The second kappa shape index (κ2) is 8.57. The van der Waals surface area contributed by atoms with Crippen LogP contribution in [0.15, 0.2) is 78.0 Å². The average molecular weight is 398 g/mol. The lowest BCUT2D eigenvalue weighted by atomic mass is 10.1. The van der Waals surface area contributed by atoms with Crippen LogP contribution < -0.4 is 5.43 Å². The third-order valence-electron chi connectivity index (χ3n) is 4.60. The number of benzene rings is 2. The van der Waals surface area contributed by atoms with E-state index in [0.29, 0.717) is 0 Å². The molecule has 0 unspecified atom stereocenters. The molecule has 4 aromatic rings. The van der Waals surface area contributed by atoms with Crippen LogP contribution in [0.3, 0.4) is 0 Å². The van der Waals surface area contributed by atoms with Crippen LogP contribution in [0.5, 0.6) is 0 Å². The molecule has 1 amide bonds. The first-order valence-corrected chi connectivity index (χ1v) is 9.63. The van der Waals surface area contributed by atoms with Gasteiger partial charge in [-0.15, -0.1) is 0 Å². The molecule has 0 radical (unpaired) electrons. The predicted molar refractivity (Wildman–Crippen MR) is 116 cm³/mol. The first-order chi connectivity index (χ1) is 14.6. The molecule has 4 rings (SSSR count). The number of amides is 1. The summed E-state index contributed by atoms with van der Waals surface area (Å²) in [5.74, 6) is -0.242. The molecular weight excluding hydrogens is 376 g/mol. The summed E-state index contributed by atoms with van der Waals surface area (Å²) in [6.07, 6.45) is 3.52. The molecule has 0 saturated heterocycles. The summed E-state index contributed by atoms with van der Waals surface area (Å²) in [6, 6.07) is 21.7. The smallest absolute Gasteiger partial charge is 0.261 e. The minimum Gasteiger partial charge on any atom is -0.271 e. The second-order valence-electron chi connectivity index (χ2n) is 6.96. The standard InChI is InChI=1S/C23H22N6O/c1-17-13-18(2)28(26-17)16-22(30)25-24-14-20-15-29(21-11-7-4-8-12-21)27-23(20)19-9-5-3-6-10-19/h3-15H,16H2,1-2H3,(H,25,30)/b24-14+. The Hall–Kier alpha value is -4.00. The molecule has 1 N–H and O–H groups in total. The molecule has 2 aromatic heterocycles. The van der Waals surface area contributed by atoms with Gasteiger partial charge in [0.25, 0.3) is 5.91 Å². The van der Waals surface area contributed by atoms with E-state index in [4.69, 9.17) is 5.10 Å². The molecule has 7 nitrogen and oxygen atoms in total.